The molecule has 1 aromatic carbocycles. The number of carbonyl (C=O) groups excluding carboxylic acids is 1. The van der Waals surface area contributed by atoms with Gasteiger partial charge in [-0.2, -0.15) is 0 Å². The number of amides is 1. The van der Waals surface area contributed by atoms with Gasteiger partial charge in [0.25, 0.3) is 0 Å². The number of likely N-dealkylation sites (tertiary alicyclic amines) is 1. The predicted octanol–water partition coefficient (Wildman–Crippen LogP) is 3.01. The number of nitrogens with zero attached hydrogens (tertiary/aromatic N) is 1. The maximum atomic E-state index is 13.1. The van der Waals surface area contributed by atoms with E-state index in [1.165, 1.54) is 18.4 Å². The van der Waals surface area contributed by atoms with E-state index in [0.29, 0.717) is 12.1 Å². The smallest absolute Gasteiger partial charge is 0.220 e. The van der Waals surface area contributed by atoms with Crippen LogP contribution >= 0.6 is 0 Å². The van der Waals surface area contributed by atoms with E-state index in [2.05, 4.69) is 4.90 Å². The van der Waals surface area contributed by atoms with Gasteiger partial charge in [-0.15, -0.1) is 0 Å². The monoisotopic (exact) mass is 290 g/mol. The van der Waals surface area contributed by atoms with Crippen molar-refractivity contribution in [3.8, 4) is 0 Å². The van der Waals surface area contributed by atoms with Crippen LogP contribution < -0.4 is 5.73 Å². The lowest BCUT2D eigenvalue weighted by Crippen LogP contribution is -2.40. The normalized spacial score (nSPS) is 30.4. The molecule has 1 aliphatic heterocycles. The summed E-state index contributed by atoms with van der Waals surface area (Å²) >= 11 is 0. The molecule has 0 spiro atoms. The first kappa shape index (κ1) is 14.5. The number of carbonyl (C=O) groups is 1. The van der Waals surface area contributed by atoms with Gasteiger partial charge in [0.1, 0.15) is 5.82 Å². The average molecular weight is 290 g/mol. The third-order valence-electron chi connectivity index (χ3n) is 5.08. The number of nitrogens with two attached hydrogens (primary N) is 1. The summed E-state index contributed by atoms with van der Waals surface area (Å²) in [6, 6.07) is 7.69. The Morgan fingerprint density at radius 1 is 1.14 bits per heavy atom. The van der Waals surface area contributed by atoms with Crippen LogP contribution in [0, 0.1) is 11.7 Å². The van der Waals surface area contributed by atoms with Crippen molar-refractivity contribution in [3.63, 3.8) is 0 Å². The van der Waals surface area contributed by atoms with Crippen LogP contribution in [-0.2, 0) is 4.79 Å². The second-order valence-corrected chi connectivity index (χ2v) is 6.37. The average Bonchev–Trinajstić information content (AvgIpc) is 2.98. The Kier molecular flexibility index (Phi) is 4.24. The summed E-state index contributed by atoms with van der Waals surface area (Å²) in [5.41, 5.74) is 6.65. The second-order valence-electron chi connectivity index (χ2n) is 6.37. The van der Waals surface area contributed by atoms with Crippen molar-refractivity contribution in [1.29, 1.82) is 0 Å². The standard InChI is InChI=1S/C17H23FN2O/c18-14-7-4-12(5-8-14)16-3-1-2-10-20(16)15-9-6-13(11-15)17(19)21/h4-5,7-8,13,15-16H,1-3,6,9-11H2,(H2,19,21). The summed E-state index contributed by atoms with van der Waals surface area (Å²) in [6.07, 6.45) is 6.37. The Bertz CT molecular complexity index is 502. The molecule has 21 heavy (non-hydrogen) atoms. The van der Waals surface area contributed by atoms with Gasteiger partial charge in [-0.3, -0.25) is 9.69 Å². The van der Waals surface area contributed by atoms with Crippen molar-refractivity contribution >= 4 is 5.91 Å². The Hall–Kier alpha value is -1.42. The first-order valence-electron chi connectivity index (χ1n) is 7.95. The van der Waals surface area contributed by atoms with Crippen molar-refractivity contribution in [2.24, 2.45) is 11.7 Å². The molecule has 0 radical (unpaired) electrons. The molecule has 1 saturated heterocycles. The van der Waals surface area contributed by atoms with Gasteiger partial charge in [0, 0.05) is 18.0 Å². The van der Waals surface area contributed by atoms with Crippen LogP contribution in [-0.4, -0.2) is 23.4 Å². The predicted molar refractivity (Wildman–Crippen MR) is 80.0 cm³/mol. The SMILES string of the molecule is NC(=O)C1CCC(N2CCCCC2c2ccc(F)cc2)C1. The third kappa shape index (κ3) is 3.10. The van der Waals surface area contributed by atoms with Crippen LogP contribution in [0.25, 0.3) is 0 Å². The van der Waals surface area contributed by atoms with Crippen LogP contribution in [0.5, 0.6) is 0 Å². The first-order valence-corrected chi connectivity index (χ1v) is 7.95. The van der Waals surface area contributed by atoms with E-state index in [-0.39, 0.29) is 17.6 Å². The maximum absolute atomic E-state index is 13.1. The molecule has 2 aliphatic rings. The molecular formula is C17H23FN2O. The topological polar surface area (TPSA) is 46.3 Å². The fourth-order valence-corrected chi connectivity index (χ4v) is 3.95. The Balaban J connectivity index is 1.76. The van der Waals surface area contributed by atoms with E-state index in [4.69, 9.17) is 5.73 Å². The minimum atomic E-state index is -0.184. The third-order valence-corrected chi connectivity index (χ3v) is 5.08. The first-order chi connectivity index (χ1) is 10.1. The molecule has 0 bridgehead atoms. The number of primary amides is 1. The van der Waals surface area contributed by atoms with Crippen molar-refractivity contribution in [1.82, 2.24) is 4.90 Å². The minimum Gasteiger partial charge on any atom is -0.369 e. The van der Waals surface area contributed by atoms with Crippen LogP contribution in [0.1, 0.15) is 50.1 Å². The van der Waals surface area contributed by atoms with Gasteiger partial charge < -0.3 is 5.73 Å². The number of benzene rings is 1. The van der Waals surface area contributed by atoms with Gasteiger partial charge in [0.05, 0.1) is 0 Å². The summed E-state index contributed by atoms with van der Waals surface area (Å²) in [6.45, 7) is 1.07. The molecule has 3 rings (SSSR count). The Morgan fingerprint density at radius 3 is 2.57 bits per heavy atom. The van der Waals surface area contributed by atoms with Gasteiger partial charge >= 0.3 is 0 Å². The zero-order chi connectivity index (χ0) is 14.8. The van der Waals surface area contributed by atoms with Gasteiger partial charge in [-0.05, 0) is 56.3 Å². The molecular weight excluding hydrogens is 267 g/mol. The highest BCUT2D eigenvalue weighted by molar-refractivity contribution is 5.77. The number of hydrogen-bond acceptors (Lipinski definition) is 2. The van der Waals surface area contributed by atoms with Gasteiger partial charge in [0.2, 0.25) is 5.91 Å². The van der Waals surface area contributed by atoms with E-state index in [1.807, 2.05) is 12.1 Å². The van der Waals surface area contributed by atoms with E-state index in [9.17, 15) is 9.18 Å². The molecule has 2 N–H and O–H groups in total. The summed E-state index contributed by atoms with van der Waals surface area (Å²) in [5, 5.41) is 0. The molecule has 1 aromatic rings. The molecule has 2 fully saturated rings. The van der Waals surface area contributed by atoms with E-state index in [0.717, 1.165) is 32.2 Å². The molecule has 3 nitrogen and oxygen atoms in total. The summed E-state index contributed by atoms with van der Waals surface area (Å²) < 4.78 is 13.1. The molecule has 3 atom stereocenters. The Morgan fingerprint density at radius 2 is 1.90 bits per heavy atom. The lowest BCUT2D eigenvalue weighted by atomic mass is 9.93. The highest BCUT2D eigenvalue weighted by Crippen LogP contribution is 2.38. The quantitative estimate of drug-likeness (QED) is 0.930. The summed E-state index contributed by atoms with van der Waals surface area (Å²) in [7, 11) is 0. The highest BCUT2D eigenvalue weighted by Gasteiger charge is 2.36. The van der Waals surface area contributed by atoms with Gasteiger partial charge in [0.15, 0.2) is 0 Å². The Labute approximate surface area is 125 Å². The van der Waals surface area contributed by atoms with Gasteiger partial charge in [-0.1, -0.05) is 18.6 Å². The lowest BCUT2D eigenvalue weighted by molar-refractivity contribution is -0.121. The van der Waals surface area contributed by atoms with Crippen molar-refractivity contribution < 1.29 is 9.18 Å². The van der Waals surface area contributed by atoms with E-state index in [1.54, 1.807) is 12.1 Å². The molecule has 1 aliphatic carbocycles. The maximum Gasteiger partial charge on any atom is 0.220 e. The van der Waals surface area contributed by atoms with Crippen LogP contribution in [0.4, 0.5) is 4.39 Å². The van der Waals surface area contributed by atoms with Gasteiger partial charge in [-0.25, -0.2) is 4.39 Å². The lowest BCUT2D eigenvalue weighted by Gasteiger charge is -2.40. The van der Waals surface area contributed by atoms with E-state index < -0.39 is 0 Å². The van der Waals surface area contributed by atoms with Crippen LogP contribution in [0.2, 0.25) is 0 Å². The summed E-state index contributed by atoms with van der Waals surface area (Å²) in [4.78, 5) is 13.9. The minimum absolute atomic E-state index is 0.0331. The zero-order valence-electron chi connectivity index (χ0n) is 12.3. The van der Waals surface area contributed by atoms with Crippen LogP contribution in [0.15, 0.2) is 24.3 Å². The molecule has 1 heterocycles. The molecule has 114 valence electrons. The molecule has 4 heteroatoms. The summed E-state index contributed by atoms with van der Waals surface area (Å²) in [5.74, 6) is -0.311. The van der Waals surface area contributed by atoms with Crippen molar-refractivity contribution in [2.75, 3.05) is 6.54 Å². The van der Waals surface area contributed by atoms with Crippen molar-refractivity contribution in [3.05, 3.63) is 35.6 Å². The molecule has 1 amide bonds. The van der Waals surface area contributed by atoms with E-state index >= 15 is 0 Å². The second kappa shape index (κ2) is 6.14. The zero-order valence-corrected chi connectivity index (χ0v) is 12.3. The number of rotatable bonds is 3. The van der Waals surface area contributed by atoms with Crippen LogP contribution in [0.3, 0.4) is 0 Å². The number of hydrogen-bond donors (Lipinski definition) is 1. The molecule has 3 unspecified atom stereocenters. The fourth-order valence-electron chi connectivity index (χ4n) is 3.95. The highest BCUT2D eigenvalue weighted by atomic mass is 19.1. The number of halogens is 1. The number of piperidine rings is 1. The van der Waals surface area contributed by atoms with Crippen molar-refractivity contribution in [2.45, 2.75) is 50.6 Å². The molecule has 1 saturated carbocycles. The fraction of sp³-hybridized carbons (Fsp3) is 0.588. The largest absolute Gasteiger partial charge is 0.369 e. The molecule has 0 aromatic heterocycles.